The Balaban J connectivity index is 1.49. The van der Waals surface area contributed by atoms with Crippen molar-refractivity contribution in [1.29, 1.82) is 0 Å². The molecule has 2 heterocycles. The summed E-state index contributed by atoms with van der Waals surface area (Å²) in [4.78, 5) is 20.3. The lowest BCUT2D eigenvalue weighted by atomic mass is 10.3. The van der Waals surface area contributed by atoms with Gasteiger partial charge in [-0.15, -0.1) is 0 Å². The largest absolute Gasteiger partial charge is 0.431 e. The van der Waals surface area contributed by atoms with Crippen LogP contribution in [0.25, 0.3) is 11.1 Å². The Morgan fingerprint density at radius 1 is 1.27 bits per heavy atom. The summed E-state index contributed by atoms with van der Waals surface area (Å²) in [5, 5.41) is 3.35. The molecule has 3 rings (SSSR count). The van der Waals surface area contributed by atoms with Crippen molar-refractivity contribution in [2.45, 2.75) is 18.6 Å². The van der Waals surface area contributed by atoms with E-state index in [1.807, 2.05) is 37.3 Å². The van der Waals surface area contributed by atoms with Gasteiger partial charge >= 0.3 is 0 Å². The summed E-state index contributed by atoms with van der Waals surface area (Å²) in [6.07, 6.45) is 2.10. The van der Waals surface area contributed by atoms with E-state index in [0.717, 1.165) is 16.7 Å². The highest BCUT2D eigenvalue weighted by Crippen LogP contribution is 2.23. The van der Waals surface area contributed by atoms with Gasteiger partial charge in [-0.2, -0.15) is 0 Å². The molecular weight excluding hydrogens is 298 g/mol. The number of aromatic nitrogens is 2. The van der Waals surface area contributed by atoms with Gasteiger partial charge in [0.1, 0.15) is 11.3 Å². The summed E-state index contributed by atoms with van der Waals surface area (Å²) < 4.78 is 5.59. The predicted molar refractivity (Wildman–Crippen MR) is 87.0 cm³/mol. The molecule has 0 saturated carbocycles. The van der Waals surface area contributed by atoms with Crippen LogP contribution in [-0.2, 0) is 4.79 Å². The van der Waals surface area contributed by atoms with Crippen molar-refractivity contribution < 1.29 is 9.21 Å². The van der Waals surface area contributed by atoms with Gasteiger partial charge in [0.25, 0.3) is 5.22 Å². The number of carbonyl (C=O) groups is 1. The third-order valence-electron chi connectivity index (χ3n) is 3.01. The Kier molecular flexibility index (Phi) is 4.39. The van der Waals surface area contributed by atoms with Crippen molar-refractivity contribution in [2.75, 3.05) is 11.1 Å². The van der Waals surface area contributed by atoms with Crippen molar-refractivity contribution in [1.82, 2.24) is 9.97 Å². The molecule has 0 aliphatic rings. The number of carbonyl (C=O) groups excluding carboxylic acids is 1. The highest BCUT2D eigenvalue weighted by Gasteiger charge is 2.08. The molecule has 0 fully saturated rings. The van der Waals surface area contributed by atoms with Gasteiger partial charge in [0.05, 0.1) is 0 Å². The van der Waals surface area contributed by atoms with E-state index in [1.165, 1.54) is 11.8 Å². The summed E-state index contributed by atoms with van der Waals surface area (Å²) in [5.41, 5.74) is 2.65. The quantitative estimate of drug-likeness (QED) is 0.728. The molecule has 5 nitrogen and oxygen atoms in total. The van der Waals surface area contributed by atoms with E-state index in [0.29, 0.717) is 23.2 Å². The fourth-order valence-electron chi connectivity index (χ4n) is 1.89. The molecule has 0 bridgehead atoms. The third kappa shape index (κ3) is 3.65. The minimum Gasteiger partial charge on any atom is -0.431 e. The lowest BCUT2D eigenvalue weighted by Gasteiger charge is -2.03. The smallest absolute Gasteiger partial charge is 0.256 e. The van der Waals surface area contributed by atoms with Gasteiger partial charge in [-0.3, -0.25) is 4.79 Å². The Morgan fingerprint density at radius 3 is 2.91 bits per heavy atom. The second-order valence-corrected chi connectivity index (χ2v) is 5.86. The average Bonchev–Trinajstić information content (AvgIpc) is 2.92. The number of benzene rings is 1. The van der Waals surface area contributed by atoms with Gasteiger partial charge in [-0.1, -0.05) is 30.0 Å². The third-order valence-corrected chi connectivity index (χ3v) is 3.84. The number of anilines is 1. The summed E-state index contributed by atoms with van der Waals surface area (Å²) in [5.74, 6) is 1.10. The normalized spacial score (nSPS) is 10.8. The number of fused-ring (bicyclic) bond motifs is 1. The number of hydrogen-bond acceptors (Lipinski definition) is 5. The van der Waals surface area contributed by atoms with E-state index in [1.54, 1.807) is 12.3 Å². The highest BCUT2D eigenvalue weighted by molar-refractivity contribution is 7.99. The molecular formula is C16H15N3O2S. The number of oxazole rings is 1. The molecule has 6 heteroatoms. The molecule has 0 saturated heterocycles. The van der Waals surface area contributed by atoms with E-state index in [9.17, 15) is 4.79 Å². The Labute approximate surface area is 132 Å². The zero-order valence-electron chi connectivity index (χ0n) is 12.1. The minimum atomic E-state index is -0.0695. The molecule has 0 aliphatic carbocycles. The van der Waals surface area contributed by atoms with Crippen molar-refractivity contribution in [2.24, 2.45) is 0 Å². The van der Waals surface area contributed by atoms with Crippen LogP contribution in [0.5, 0.6) is 0 Å². The number of nitrogens with one attached hydrogen (secondary N) is 1. The number of hydrogen-bond donors (Lipinski definition) is 1. The minimum absolute atomic E-state index is 0.0695. The first kappa shape index (κ1) is 14.6. The van der Waals surface area contributed by atoms with Crippen molar-refractivity contribution in [3.05, 3.63) is 48.2 Å². The standard InChI is InChI=1S/C16H15N3O2S/c1-11-6-7-14(17-10-11)19-15(20)8-9-22-16-18-12-4-2-3-5-13(12)21-16/h2-7,10H,8-9H2,1H3,(H,17,19,20). The van der Waals surface area contributed by atoms with Crippen molar-refractivity contribution in [3.63, 3.8) is 0 Å². The first-order chi connectivity index (χ1) is 10.7. The Morgan fingerprint density at radius 2 is 2.14 bits per heavy atom. The Bertz CT molecular complexity index is 750. The van der Waals surface area contributed by atoms with Crippen LogP contribution < -0.4 is 5.32 Å². The fraction of sp³-hybridized carbons (Fsp3) is 0.188. The molecule has 0 radical (unpaired) electrons. The van der Waals surface area contributed by atoms with E-state index < -0.39 is 0 Å². The molecule has 112 valence electrons. The second kappa shape index (κ2) is 6.62. The van der Waals surface area contributed by atoms with Crippen LogP contribution in [-0.4, -0.2) is 21.6 Å². The van der Waals surface area contributed by atoms with Crippen LogP contribution in [0.2, 0.25) is 0 Å². The van der Waals surface area contributed by atoms with Gasteiger partial charge in [0.15, 0.2) is 5.58 Å². The number of aryl methyl sites for hydroxylation is 1. The number of amides is 1. The topological polar surface area (TPSA) is 68.0 Å². The van der Waals surface area contributed by atoms with Gasteiger partial charge in [0, 0.05) is 18.4 Å². The van der Waals surface area contributed by atoms with Crippen LogP contribution in [0.3, 0.4) is 0 Å². The monoisotopic (exact) mass is 313 g/mol. The second-order valence-electron chi connectivity index (χ2n) is 4.81. The lowest BCUT2D eigenvalue weighted by Crippen LogP contribution is -2.13. The maximum Gasteiger partial charge on any atom is 0.256 e. The molecule has 3 aromatic rings. The predicted octanol–water partition coefficient (Wildman–Crippen LogP) is 3.65. The van der Waals surface area contributed by atoms with Gasteiger partial charge in [-0.05, 0) is 30.7 Å². The number of para-hydroxylation sites is 2. The lowest BCUT2D eigenvalue weighted by molar-refractivity contribution is -0.115. The number of thioether (sulfide) groups is 1. The van der Waals surface area contributed by atoms with E-state index in [2.05, 4.69) is 15.3 Å². The van der Waals surface area contributed by atoms with Crippen LogP contribution in [0.15, 0.2) is 52.2 Å². The summed E-state index contributed by atoms with van der Waals surface area (Å²) in [6, 6.07) is 11.3. The number of nitrogens with zero attached hydrogens (tertiary/aromatic N) is 2. The molecule has 22 heavy (non-hydrogen) atoms. The van der Waals surface area contributed by atoms with Crippen LogP contribution in [0.1, 0.15) is 12.0 Å². The SMILES string of the molecule is Cc1ccc(NC(=O)CCSc2nc3ccccc3o2)nc1. The van der Waals surface area contributed by atoms with Gasteiger partial charge in [-0.25, -0.2) is 9.97 Å². The van der Waals surface area contributed by atoms with E-state index in [4.69, 9.17) is 4.42 Å². The molecule has 0 atom stereocenters. The van der Waals surface area contributed by atoms with Crippen molar-refractivity contribution >= 4 is 34.6 Å². The maximum atomic E-state index is 11.8. The number of rotatable bonds is 5. The first-order valence-corrected chi connectivity index (χ1v) is 7.90. The van der Waals surface area contributed by atoms with E-state index in [-0.39, 0.29) is 5.91 Å². The number of pyridine rings is 1. The fourth-order valence-corrected chi connectivity index (χ4v) is 2.66. The first-order valence-electron chi connectivity index (χ1n) is 6.91. The summed E-state index contributed by atoms with van der Waals surface area (Å²) in [6.45, 7) is 1.95. The van der Waals surface area contributed by atoms with Crippen LogP contribution >= 0.6 is 11.8 Å². The molecule has 1 aromatic carbocycles. The summed E-state index contributed by atoms with van der Waals surface area (Å²) >= 11 is 1.43. The zero-order valence-corrected chi connectivity index (χ0v) is 12.9. The Hall–Kier alpha value is -2.34. The van der Waals surface area contributed by atoms with Gasteiger partial charge < -0.3 is 9.73 Å². The van der Waals surface area contributed by atoms with Crippen LogP contribution in [0.4, 0.5) is 5.82 Å². The van der Waals surface area contributed by atoms with Crippen LogP contribution in [0, 0.1) is 6.92 Å². The molecule has 1 N–H and O–H groups in total. The van der Waals surface area contributed by atoms with Gasteiger partial charge in [0.2, 0.25) is 5.91 Å². The molecule has 0 unspecified atom stereocenters. The maximum absolute atomic E-state index is 11.8. The molecule has 2 aromatic heterocycles. The molecule has 0 aliphatic heterocycles. The summed E-state index contributed by atoms with van der Waals surface area (Å²) in [7, 11) is 0. The average molecular weight is 313 g/mol. The highest BCUT2D eigenvalue weighted by atomic mass is 32.2. The molecule has 1 amide bonds. The van der Waals surface area contributed by atoms with E-state index >= 15 is 0 Å². The molecule has 0 spiro atoms. The van der Waals surface area contributed by atoms with Crippen molar-refractivity contribution in [3.8, 4) is 0 Å². The zero-order chi connectivity index (χ0) is 15.4.